The average molecular weight is 363 g/mol. The van der Waals surface area contributed by atoms with E-state index in [1.165, 1.54) is 115 Å². The van der Waals surface area contributed by atoms with Gasteiger partial charge in [0.2, 0.25) is 0 Å². The van der Waals surface area contributed by atoms with E-state index in [1.54, 1.807) is 0 Å². The molecule has 0 heterocycles. The SMILES string of the molecule is CCCCCCCCCCCCCCCCCCc1ccccc1S. The summed E-state index contributed by atoms with van der Waals surface area (Å²) >= 11 is 4.53. The van der Waals surface area contributed by atoms with Crippen LogP contribution >= 0.6 is 12.6 Å². The third kappa shape index (κ3) is 13.4. The minimum atomic E-state index is 1.16. The molecule has 0 aliphatic heterocycles. The van der Waals surface area contributed by atoms with Crippen molar-refractivity contribution in [3.63, 3.8) is 0 Å². The molecular formula is C24H42S. The zero-order valence-corrected chi connectivity index (χ0v) is 17.7. The number of unbranched alkanes of at least 4 members (excludes halogenated alkanes) is 15. The van der Waals surface area contributed by atoms with E-state index < -0.39 is 0 Å². The fraction of sp³-hybridized carbons (Fsp3) is 0.750. The Bertz CT molecular complexity index is 399. The first-order valence-electron chi connectivity index (χ1n) is 11.1. The Balaban J connectivity index is 1.75. The van der Waals surface area contributed by atoms with Crippen molar-refractivity contribution in [1.29, 1.82) is 0 Å². The van der Waals surface area contributed by atoms with Gasteiger partial charge in [-0.05, 0) is 24.5 Å². The van der Waals surface area contributed by atoms with Crippen molar-refractivity contribution in [2.75, 3.05) is 0 Å². The Hall–Kier alpha value is -0.430. The van der Waals surface area contributed by atoms with Crippen molar-refractivity contribution in [3.8, 4) is 0 Å². The lowest BCUT2D eigenvalue weighted by atomic mass is 10.0. The van der Waals surface area contributed by atoms with Crippen LogP contribution in [0.25, 0.3) is 0 Å². The molecule has 144 valence electrons. The van der Waals surface area contributed by atoms with Crippen molar-refractivity contribution in [2.24, 2.45) is 0 Å². The highest BCUT2D eigenvalue weighted by Crippen LogP contribution is 2.17. The Kier molecular flexibility index (Phi) is 15.4. The summed E-state index contributed by atoms with van der Waals surface area (Å²) in [6.45, 7) is 2.29. The Morgan fingerprint density at radius 2 is 0.960 bits per heavy atom. The molecule has 0 radical (unpaired) electrons. The number of aryl methyl sites for hydroxylation is 1. The molecule has 1 rings (SSSR count). The highest BCUT2D eigenvalue weighted by atomic mass is 32.1. The number of hydrogen-bond donors (Lipinski definition) is 1. The zero-order valence-electron chi connectivity index (χ0n) is 16.8. The maximum Gasteiger partial charge on any atom is 0.00720 e. The molecule has 0 saturated heterocycles. The van der Waals surface area contributed by atoms with Gasteiger partial charge in [-0.15, -0.1) is 12.6 Å². The third-order valence-corrected chi connectivity index (χ3v) is 5.73. The van der Waals surface area contributed by atoms with Crippen LogP contribution in [0, 0.1) is 0 Å². The third-order valence-electron chi connectivity index (χ3n) is 5.29. The van der Waals surface area contributed by atoms with Crippen molar-refractivity contribution in [1.82, 2.24) is 0 Å². The van der Waals surface area contributed by atoms with Crippen LogP contribution in [0.3, 0.4) is 0 Å². The van der Waals surface area contributed by atoms with E-state index in [0.29, 0.717) is 0 Å². The zero-order chi connectivity index (χ0) is 18.0. The molecule has 0 saturated carbocycles. The van der Waals surface area contributed by atoms with Gasteiger partial charge in [-0.2, -0.15) is 0 Å². The van der Waals surface area contributed by atoms with Gasteiger partial charge in [-0.3, -0.25) is 0 Å². The Morgan fingerprint density at radius 3 is 1.40 bits per heavy atom. The van der Waals surface area contributed by atoms with E-state index >= 15 is 0 Å². The number of benzene rings is 1. The predicted octanol–water partition coefficient (Wildman–Crippen LogP) is 8.78. The second-order valence-corrected chi connectivity index (χ2v) is 8.16. The van der Waals surface area contributed by atoms with Gasteiger partial charge in [0, 0.05) is 4.90 Å². The van der Waals surface area contributed by atoms with Crippen molar-refractivity contribution in [3.05, 3.63) is 29.8 Å². The van der Waals surface area contributed by atoms with Crippen LogP contribution in [0.5, 0.6) is 0 Å². The smallest absolute Gasteiger partial charge is 0.00720 e. The van der Waals surface area contributed by atoms with E-state index in [4.69, 9.17) is 0 Å². The first kappa shape index (κ1) is 22.6. The number of thiol groups is 1. The quantitative estimate of drug-likeness (QED) is 0.208. The van der Waals surface area contributed by atoms with Crippen LogP contribution in [-0.4, -0.2) is 0 Å². The molecule has 0 unspecified atom stereocenters. The topological polar surface area (TPSA) is 0 Å². The fourth-order valence-electron chi connectivity index (χ4n) is 3.59. The van der Waals surface area contributed by atoms with Gasteiger partial charge in [0.25, 0.3) is 0 Å². The number of rotatable bonds is 17. The van der Waals surface area contributed by atoms with E-state index in [0.717, 1.165) is 4.90 Å². The molecule has 0 bridgehead atoms. The molecule has 0 aliphatic carbocycles. The molecule has 0 nitrogen and oxygen atoms in total. The minimum absolute atomic E-state index is 1.16. The second kappa shape index (κ2) is 17.0. The monoisotopic (exact) mass is 362 g/mol. The van der Waals surface area contributed by atoms with Gasteiger partial charge in [0.05, 0.1) is 0 Å². The van der Waals surface area contributed by atoms with Gasteiger partial charge in [-0.25, -0.2) is 0 Å². The van der Waals surface area contributed by atoms with E-state index in [-0.39, 0.29) is 0 Å². The average Bonchev–Trinajstić information content (AvgIpc) is 2.63. The van der Waals surface area contributed by atoms with Crippen molar-refractivity contribution < 1.29 is 0 Å². The van der Waals surface area contributed by atoms with Crippen LogP contribution in [0.15, 0.2) is 29.2 Å². The summed E-state index contributed by atoms with van der Waals surface area (Å²) in [5.41, 5.74) is 1.41. The molecule has 1 aromatic rings. The summed E-state index contributed by atoms with van der Waals surface area (Å²) in [6.07, 6.45) is 24.1. The van der Waals surface area contributed by atoms with E-state index in [2.05, 4.69) is 43.8 Å². The lowest BCUT2D eigenvalue weighted by Crippen LogP contribution is -1.88. The molecule has 0 atom stereocenters. The van der Waals surface area contributed by atoms with Crippen LogP contribution in [0.1, 0.15) is 115 Å². The highest BCUT2D eigenvalue weighted by Gasteiger charge is 1.98. The summed E-state index contributed by atoms with van der Waals surface area (Å²) in [6, 6.07) is 8.51. The number of hydrogen-bond acceptors (Lipinski definition) is 1. The van der Waals surface area contributed by atoms with Crippen LogP contribution in [0.2, 0.25) is 0 Å². The van der Waals surface area contributed by atoms with Gasteiger partial charge in [0.15, 0.2) is 0 Å². The molecule has 0 aliphatic rings. The van der Waals surface area contributed by atoms with Gasteiger partial charge in [-0.1, -0.05) is 121 Å². The summed E-state index contributed by atoms with van der Waals surface area (Å²) < 4.78 is 0. The normalized spacial score (nSPS) is 11.1. The van der Waals surface area contributed by atoms with Gasteiger partial charge in [0.1, 0.15) is 0 Å². The van der Waals surface area contributed by atoms with Gasteiger partial charge < -0.3 is 0 Å². The summed E-state index contributed by atoms with van der Waals surface area (Å²) in [7, 11) is 0. The molecule has 1 heteroatoms. The van der Waals surface area contributed by atoms with Gasteiger partial charge >= 0.3 is 0 Å². The summed E-state index contributed by atoms with van der Waals surface area (Å²) in [4.78, 5) is 1.16. The van der Waals surface area contributed by atoms with E-state index in [1.807, 2.05) is 0 Å². The standard InChI is InChI=1S/C24H42S/c1-2-3-4-5-6-7-8-9-10-11-12-13-14-15-16-17-20-23-21-18-19-22-24(23)25/h18-19,21-22,25H,2-17,20H2,1H3. The lowest BCUT2D eigenvalue weighted by molar-refractivity contribution is 0.529. The van der Waals surface area contributed by atoms with E-state index in [9.17, 15) is 0 Å². The fourth-order valence-corrected chi connectivity index (χ4v) is 3.86. The predicted molar refractivity (Wildman–Crippen MR) is 117 cm³/mol. The maximum atomic E-state index is 4.53. The molecular weight excluding hydrogens is 320 g/mol. The molecule has 0 fully saturated rings. The summed E-state index contributed by atoms with van der Waals surface area (Å²) in [5.74, 6) is 0. The van der Waals surface area contributed by atoms with Crippen molar-refractivity contribution in [2.45, 2.75) is 121 Å². The molecule has 0 N–H and O–H groups in total. The largest absolute Gasteiger partial charge is 0.143 e. The lowest BCUT2D eigenvalue weighted by Gasteiger charge is -2.05. The second-order valence-electron chi connectivity index (χ2n) is 7.68. The summed E-state index contributed by atoms with van der Waals surface area (Å²) in [5, 5.41) is 0. The first-order chi connectivity index (χ1) is 12.3. The highest BCUT2D eigenvalue weighted by molar-refractivity contribution is 7.80. The maximum absolute atomic E-state index is 4.53. The van der Waals surface area contributed by atoms with Crippen LogP contribution < -0.4 is 0 Å². The molecule has 0 spiro atoms. The van der Waals surface area contributed by atoms with Crippen LogP contribution in [0.4, 0.5) is 0 Å². The first-order valence-corrected chi connectivity index (χ1v) is 11.6. The molecule has 0 amide bonds. The molecule has 0 aromatic heterocycles. The van der Waals surface area contributed by atoms with Crippen molar-refractivity contribution >= 4 is 12.6 Å². The minimum Gasteiger partial charge on any atom is -0.143 e. The Labute approximate surface area is 163 Å². The van der Waals surface area contributed by atoms with Crippen LogP contribution in [-0.2, 0) is 6.42 Å². The molecule has 1 aromatic carbocycles. The molecule has 25 heavy (non-hydrogen) atoms. The Morgan fingerprint density at radius 1 is 0.560 bits per heavy atom.